The molecule has 0 aromatic rings. The molecule has 68 valence electrons. The molecule has 0 aromatic heterocycles. The van der Waals surface area contributed by atoms with Crippen LogP contribution in [-0.4, -0.2) is 11.7 Å². The van der Waals surface area contributed by atoms with Crippen molar-refractivity contribution in [1.82, 2.24) is 0 Å². The average Bonchev–Trinajstić information content (AvgIpc) is 1.86. The molecule has 0 bridgehead atoms. The topological polar surface area (TPSA) is 20.2 Å². The Morgan fingerprint density at radius 3 is 2.27 bits per heavy atom. The highest BCUT2D eigenvalue weighted by Crippen LogP contribution is 2.29. The van der Waals surface area contributed by atoms with Gasteiger partial charge in [-0.25, -0.2) is 0 Å². The largest absolute Gasteiger partial charge is 0.396 e. The standard InChI is InChI=1S/C10H22O/c1-5-9(2)8-10(3,4)6-7-11/h9,11H,5-8H2,1-4H3. The lowest BCUT2D eigenvalue weighted by Gasteiger charge is -2.26. The lowest BCUT2D eigenvalue weighted by molar-refractivity contribution is 0.182. The van der Waals surface area contributed by atoms with Gasteiger partial charge in [-0.15, -0.1) is 0 Å². The van der Waals surface area contributed by atoms with E-state index >= 15 is 0 Å². The molecule has 0 aliphatic carbocycles. The molecule has 1 atom stereocenters. The van der Waals surface area contributed by atoms with Gasteiger partial charge in [0.05, 0.1) is 0 Å². The Kier molecular flexibility index (Phi) is 4.74. The molecule has 1 unspecified atom stereocenters. The molecule has 0 saturated heterocycles. The van der Waals surface area contributed by atoms with Gasteiger partial charge in [0.2, 0.25) is 0 Å². The Morgan fingerprint density at radius 2 is 1.91 bits per heavy atom. The third-order valence-electron chi connectivity index (χ3n) is 2.39. The van der Waals surface area contributed by atoms with Gasteiger partial charge in [0.1, 0.15) is 0 Å². The van der Waals surface area contributed by atoms with Crippen LogP contribution in [0.25, 0.3) is 0 Å². The van der Waals surface area contributed by atoms with E-state index in [2.05, 4.69) is 27.7 Å². The molecule has 0 aliphatic heterocycles. The molecule has 0 radical (unpaired) electrons. The third kappa shape index (κ3) is 5.25. The fourth-order valence-corrected chi connectivity index (χ4v) is 1.49. The van der Waals surface area contributed by atoms with Crippen LogP contribution in [0.3, 0.4) is 0 Å². The summed E-state index contributed by atoms with van der Waals surface area (Å²) < 4.78 is 0. The van der Waals surface area contributed by atoms with Crippen LogP contribution in [0, 0.1) is 11.3 Å². The van der Waals surface area contributed by atoms with Crippen molar-refractivity contribution >= 4 is 0 Å². The molecule has 11 heavy (non-hydrogen) atoms. The Labute approximate surface area is 70.8 Å². The van der Waals surface area contributed by atoms with E-state index in [1.807, 2.05) is 0 Å². The third-order valence-corrected chi connectivity index (χ3v) is 2.39. The highest BCUT2D eigenvalue weighted by atomic mass is 16.3. The minimum absolute atomic E-state index is 0.323. The molecule has 0 heterocycles. The zero-order valence-electron chi connectivity index (χ0n) is 8.35. The number of aliphatic hydroxyl groups is 1. The second-order valence-corrected chi connectivity index (χ2v) is 4.36. The van der Waals surface area contributed by atoms with Crippen molar-refractivity contribution in [3.05, 3.63) is 0 Å². The molecule has 0 aromatic carbocycles. The molecule has 0 spiro atoms. The molecule has 1 heteroatoms. The van der Waals surface area contributed by atoms with Crippen LogP contribution < -0.4 is 0 Å². The summed E-state index contributed by atoms with van der Waals surface area (Å²) in [5.74, 6) is 0.788. The second kappa shape index (κ2) is 4.76. The Hall–Kier alpha value is -0.0400. The molecular weight excluding hydrogens is 136 g/mol. The summed E-state index contributed by atoms with van der Waals surface area (Å²) in [6, 6.07) is 0. The fourth-order valence-electron chi connectivity index (χ4n) is 1.49. The Morgan fingerprint density at radius 1 is 1.36 bits per heavy atom. The van der Waals surface area contributed by atoms with Gasteiger partial charge in [0.15, 0.2) is 0 Å². The predicted octanol–water partition coefficient (Wildman–Crippen LogP) is 2.83. The predicted molar refractivity (Wildman–Crippen MR) is 49.6 cm³/mol. The van der Waals surface area contributed by atoms with E-state index in [1.165, 1.54) is 12.8 Å². The van der Waals surface area contributed by atoms with Crippen molar-refractivity contribution < 1.29 is 5.11 Å². The Bertz CT molecular complexity index is 97.0. The minimum atomic E-state index is 0.323. The maximum Gasteiger partial charge on any atom is 0.0436 e. The van der Waals surface area contributed by atoms with E-state index in [4.69, 9.17) is 5.11 Å². The monoisotopic (exact) mass is 158 g/mol. The van der Waals surface area contributed by atoms with Gasteiger partial charge < -0.3 is 5.11 Å². The molecule has 0 saturated carbocycles. The van der Waals surface area contributed by atoms with Crippen LogP contribution in [0.4, 0.5) is 0 Å². The number of rotatable bonds is 5. The summed E-state index contributed by atoms with van der Waals surface area (Å²) in [7, 11) is 0. The number of aliphatic hydroxyl groups excluding tert-OH is 1. The SMILES string of the molecule is CCC(C)CC(C)(C)CCO. The number of hydrogen-bond acceptors (Lipinski definition) is 1. The molecule has 0 amide bonds. The maximum absolute atomic E-state index is 8.79. The first kappa shape index (κ1) is 11.0. The maximum atomic E-state index is 8.79. The van der Waals surface area contributed by atoms with Crippen molar-refractivity contribution in [2.75, 3.05) is 6.61 Å². The smallest absolute Gasteiger partial charge is 0.0436 e. The highest BCUT2D eigenvalue weighted by molar-refractivity contribution is 4.70. The zero-order chi connectivity index (χ0) is 8.91. The van der Waals surface area contributed by atoms with E-state index in [0.717, 1.165) is 12.3 Å². The van der Waals surface area contributed by atoms with Crippen LogP contribution in [0.5, 0.6) is 0 Å². The average molecular weight is 158 g/mol. The van der Waals surface area contributed by atoms with Crippen molar-refractivity contribution in [3.63, 3.8) is 0 Å². The number of hydrogen-bond donors (Lipinski definition) is 1. The van der Waals surface area contributed by atoms with E-state index in [0.29, 0.717) is 12.0 Å². The van der Waals surface area contributed by atoms with Gasteiger partial charge in [-0.1, -0.05) is 34.1 Å². The van der Waals surface area contributed by atoms with Crippen molar-refractivity contribution in [1.29, 1.82) is 0 Å². The van der Waals surface area contributed by atoms with Crippen molar-refractivity contribution in [2.45, 2.75) is 47.0 Å². The van der Waals surface area contributed by atoms with Gasteiger partial charge in [-0.05, 0) is 24.2 Å². The summed E-state index contributed by atoms with van der Waals surface area (Å²) in [6.45, 7) is 9.28. The molecule has 1 nitrogen and oxygen atoms in total. The summed E-state index contributed by atoms with van der Waals surface area (Å²) in [5, 5.41) is 8.79. The van der Waals surface area contributed by atoms with Gasteiger partial charge in [-0.2, -0.15) is 0 Å². The highest BCUT2D eigenvalue weighted by Gasteiger charge is 2.19. The Balaban J connectivity index is 3.70. The van der Waals surface area contributed by atoms with Gasteiger partial charge >= 0.3 is 0 Å². The second-order valence-electron chi connectivity index (χ2n) is 4.36. The molecular formula is C10H22O. The summed E-state index contributed by atoms with van der Waals surface area (Å²) in [6.07, 6.45) is 3.40. The van der Waals surface area contributed by atoms with Crippen molar-refractivity contribution in [3.8, 4) is 0 Å². The van der Waals surface area contributed by atoms with Crippen LogP contribution in [-0.2, 0) is 0 Å². The first-order chi connectivity index (χ1) is 5.02. The molecule has 0 rings (SSSR count). The van der Waals surface area contributed by atoms with Crippen molar-refractivity contribution in [2.24, 2.45) is 11.3 Å². The fraction of sp³-hybridized carbons (Fsp3) is 1.00. The summed E-state index contributed by atoms with van der Waals surface area (Å²) >= 11 is 0. The van der Waals surface area contributed by atoms with Gasteiger partial charge in [0, 0.05) is 6.61 Å². The van der Waals surface area contributed by atoms with Crippen LogP contribution >= 0.6 is 0 Å². The van der Waals surface area contributed by atoms with Crippen LogP contribution in [0.15, 0.2) is 0 Å². The van der Waals surface area contributed by atoms with E-state index in [9.17, 15) is 0 Å². The molecule has 1 N–H and O–H groups in total. The van der Waals surface area contributed by atoms with Gasteiger partial charge in [0.25, 0.3) is 0 Å². The molecule has 0 aliphatic rings. The van der Waals surface area contributed by atoms with Gasteiger partial charge in [-0.3, -0.25) is 0 Å². The van der Waals surface area contributed by atoms with Crippen LogP contribution in [0.1, 0.15) is 47.0 Å². The van der Waals surface area contributed by atoms with E-state index < -0.39 is 0 Å². The summed E-state index contributed by atoms with van der Waals surface area (Å²) in [4.78, 5) is 0. The molecule has 0 fully saturated rings. The van der Waals surface area contributed by atoms with Crippen LogP contribution in [0.2, 0.25) is 0 Å². The quantitative estimate of drug-likeness (QED) is 0.652. The first-order valence-electron chi connectivity index (χ1n) is 4.62. The summed E-state index contributed by atoms with van der Waals surface area (Å²) in [5.41, 5.74) is 0.324. The van der Waals surface area contributed by atoms with E-state index in [-0.39, 0.29) is 0 Å². The zero-order valence-corrected chi connectivity index (χ0v) is 8.35. The normalized spacial score (nSPS) is 15.0. The van der Waals surface area contributed by atoms with E-state index in [1.54, 1.807) is 0 Å². The first-order valence-corrected chi connectivity index (χ1v) is 4.62. The lowest BCUT2D eigenvalue weighted by Crippen LogP contribution is -2.16. The minimum Gasteiger partial charge on any atom is -0.396 e. The lowest BCUT2D eigenvalue weighted by atomic mass is 9.80.